The fourth-order valence-corrected chi connectivity index (χ4v) is 8.19. The first-order valence-corrected chi connectivity index (χ1v) is 21.6. The van der Waals surface area contributed by atoms with Gasteiger partial charge in [-0.2, -0.15) is 16.8 Å². The van der Waals surface area contributed by atoms with E-state index in [4.69, 9.17) is 13.1 Å². The van der Waals surface area contributed by atoms with Crippen LogP contribution in [0.25, 0.3) is 0 Å². The first-order chi connectivity index (χ1) is 26.2. The second-order valence-electron chi connectivity index (χ2n) is 12.9. The summed E-state index contributed by atoms with van der Waals surface area (Å²) in [5, 5.41) is 0. The molecule has 0 unspecified atom stereocenters. The van der Waals surface area contributed by atoms with Crippen LogP contribution in [0.1, 0.15) is 27.8 Å². The van der Waals surface area contributed by atoms with E-state index in [-0.39, 0.29) is 27.9 Å². The van der Waals surface area contributed by atoms with Crippen LogP contribution in [0.2, 0.25) is 0 Å². The van der Waals surface area contributed by atoms with Gasteiger partial charge in [0.1, 0.15) is 5.75 Å². The molecular weight excluding hydrogens is 759 g/mol. The summed E-state index contributed by atoms with van der Waals surface area (Å²) < 4.78 is 93.2. The van der Waals surface area contributed by atoms with Gasteiger partial charge in [0.25, 0.3) is 20.2 Å². The van der Waals surface area contributed by atoms with E-state index in [0.29, 0.717) is 33.9 Å². The van der Waals surface area contributed by atoms with E-state index in [1.54, 1.807) is 97.1 Å². The van der Waals surface area contributed by atoms with Crippen LogP contribution in [0.3, 0.4) is 0 Å². The number of rotatable bonds is 15. The highest BCUT2D eigenvalue weighted by atomic mass is 32.2. The number of hydrogen-bond donors (Lipinski definition) is 0. The lowest BCUT2D eigenvalue weighted by Crippen LogP contribution is -2.13. The predicted octanol–water partition coefficient (Wildman–Crippen LogP) is 8.70. The molecule has 0 bridgehead atoms. The Hall–Kier alpha value is -5.31. The molecule has 0 saturated carbocycles. The third-order valence-electron chi connectivity index (χ3n) is 8.63. The second kappa shape index (κ2) is 16.6. The van der Waals surface area contributed by atoms with Gasteiger partial charge in [0.2, 0.25) is 9.84 Å². The zero-order valence-corrected chi connectivity index (χ0v) is 32.8. The molecule has 0 aliphatic heterocycles. The van der Waals surface area contributed by atoms with Crippen molar-refractivity contribution in [3.05, 3.63) is 173 Å². The first kappa shape index (κ1) is 39.4. The van der Waals surface area contributed by atoms with E-state index < -0.39 is 36.0 Å². The van der Waals surface area contributed by atoms with Gasteiger partial charge in [-0.05, 0) is 117 Å². The van der Waals surface area contributed by atoms with E-state index in [1.807, 2.05) is 49.9 Å². The lowest BCUT2D eigenvalue weighted by atomic mass is 10.1. The SMILES string of the molecule is Cc1ccc(S(=O)(=O)COc2ccc(N(c3ccc(COS(=O)(=O)c4ccc(C)cc4)cc3)c3ccc(COS(=O)(=O)c4ccc(C)cc4)cc3)cc2)cc1. The third kappa shape index (κ3) is 10.1. The van der Waals surface area contributed by atoms with E-state index in [0.717, 1.165) is 16.7 Å². The molecule has 0 saturated heterocycles. The normalized spacial score (nSPS) is 12.0. The van der Waals surface area contributed by atoms with Crippen molar-refractivity contribution in [2.45, 2.75) is 48.7 Å². The largest absolute Gasteiger partial charge is 0.477 e. The van der Waals surface area contributed by atoms with Crippen LogP contribution in [0, 0.1) is 20.8 Å². The van der Waals surface area contributed by atoms with Gasteiger partial charge in [0.05, 0.1) is 27.9 Å². The molecule has 6 rings (SSSR count). The molecule has 0 aliphatic carbocycles. The number of sulfone groups is 1. The molecule has 0 spiro atoms. The Balaban J connectivity index is 1.21. The number of anilines is 3. The van der Waals surface area contributed by atoms with Crippen LogP contribution in [-0.2, 0) is 51.7 Å². The number of ether oxygens (including phenoxy) is 1. The first-order valence-electron chi connectivity index (χ1n) is 17.1. The second-order valence-corrected chi connectivity index (χ2v) is 18.1. The van der Waals surface area contributed by atoms with Gasteiger partial charge in [0, 0.05) is 17.1 Å². The monoisotopic (exact) mass is 797 g/mol. The highest BCUT2D eigenvalue weighted by Gasteiger charge is 2.19. The molecule has 0 radical (unpaired) electrons. The van der Waals surface area contributed by atoms with Gasteiger partial charge in [-0.1, -0.05) is 77.4 Å². The Morgan fingerprint density at radius 3 is 1.11 bits per heavy atom. The molecule has 0 amide bonds. The Bertz CT molecular complexity index is 2270. The van der Waals surface area contributed by atoms with Crippen molar-refractivity contribution in [1.82, 2.24) is 0 Å². The number of benzene rings is 6. The van der Waals surface area contributed by atoms with Gasteiger partial charge < -0.3 is 9.64 Å². The summed E-state index contributed by atoms with van der Waals surface area (Å²) in [4.78, 5) is 2.24. The Kier molecular flexibility index (Phi) is 11.9. The quantitative estimate of drug-likeness (QED) is 0.0930. The summed E-state index contributed by atoms with van der Waals surface area (Å²) in [5.74, 6) is -0.185. The summed E-state index contributed by atoms with van der Waals surface area (Å²) in [6.45, 7) is 5.27. The molecule has 284 valence electrons. The van der Waals surface area contributed by atoms with Gasteiger partial charge in [0.15, 0.2) is 5.94 Å². The molecule has 0 heterocycles. The van der Waals surface area contributed by atoms with Crippen molar-refractivity contribution in [3.63, 3.8) is 0 Å². The summed E-state index contributed by atoms with van der Waals surface area (Å²) in [5.41, 5.74) is 6.19. The van der Waals surface area contributed by atoms with Gasteiger partial charge in [-0.15, -0.1) is 0 Å². The van der Waals surface area contributed by atoms with Crippen LogP contribution in [0.5, 0.6) is 5.75 Å². The predicted molar refractivity (Wildman–Crippen MR) is 211 cm³/mol. The van der Waals surface area contributed by atoms with Crippen LogP contribution in [0.4, 0.5) is 17.1 Å². The fraction of sp³-hybridized carbons (Fsp3) is 0.143. The number of nitrogens with zero attached hydrogens (tertiary/aromatic N) is 1. The van der Waals surface area contributed by atoms with Crippen LogP contribution >= 0.6 is 0 Å². The average molecular weight is 798 g/mol. The minimum absolute atomic E-state index is 0.0719. The maximum atomic E-state index is 12.9. The lowest BCUT2D eigenvalue weighted by Gasteiger charge is -2.26. The molecule has 0 fully saturated rings. The molecular formula is C42H39NO9S3. The fourth-order valence-electron chi connectivity index (χ4n) is 5.42. The van der Waals surface area contributed by atoms with Crippen LogP contribution in [0.15, 0.2) is 160 Å². The summed E-state index contributed by atoms with van der Waals surface area (Å²) >= 11 is 0. The van der Waals surface area contributed by atoms with E-state index >= 15 is 0 Å². The van der Waals surface area contributed by atoms with E-state index in [1.165, 1.54) is 24.3 Å². The van der Waals surface area contributed by atoms with Gasteiger partial charge in [-0.3, -0.25) is 8.37 Å². The van der Waals surface area contributed by atoms with Gasteiger partial charge in [-0.25, -0.2) is 8.42 Å². The van der Waals surface area contributed by atoms with Gasteiger partial charge >= 0.3 is 0 Å². The minimum Gasteiger partial charge on any atom is -0.477 e. The molecule has 0 atom stereocenters. The highest BCUT2D eigenvalue weighted by Crippen LogP contribution is 2.36. The van der Waals surface area contributed by atoms with Crippen molar-refractivity contribution in [2.75, 3.05) is 10.8 Å². The van der Waals surface area contributed by atoms with E-state index in [2.05, 4.69) is 0 Å². The molecule has 0 aliphatic rings. The lowest BCUT2D eigenvalue weighted by molar-refractivity contribution is 0.307. The van der Waals surface area contributed by atoms with Crippen LogP contribution in [-0.4, -0.2) is 31.2 Å². The summed E-state index contributed by atoms with van der Waals surface area (Å²) in [6.07, 6.45) is 0. The van der Waals surface area contributed by atoms with Crippen LogP contribution < -0.4 is 9.64 Å². The average Bonchev–Trinajstić information content (AvgIpc) is 3.18. The zero-order chi connectivity index (χ0) is 39.2. The molecule has 10 nitrogen and oxygen atoms in total. The van der Waals surface area contributed by atoms with Crippen molar-refractivity contribution in [2.24, 2.45) is 0 Å². The Morgan fingerprint density at radius 1 is 0.418 bits per heavy atom. The Labute approximate surface area is 322 Å². The maximum Gasteiger partial charge on any atom is 0.297 e. The Morgan fingerprint density at radius 2 is 0.745 bits per heavy atom. The van der Waals surface area contributed by atoms with E-state index in [9.17, 15) is 25.3 Å². The van der Waals surface area contributed by atoms with Crippen molar-refractivity contribution in [1.29, 1.82) is 0 Å². The third-order valence-corrected chi connectivity index (χ3v) is 12.6. The van der Waals surface area contributed by atoms with Crippen molar-refractivity contribution >= 4 is 47.1 Å². The standard InChI is InChI=1S/C42H39NO9S3/c1-31-4-22-40(23-5-31)53(44,45)30-50-39-20-18-38(19-21-39)43(36-14-10-34(11-15-36)28-51-54(46,47)41-24-6-32(2)7-25-41)37-16-12-35(13-17-37)29-52-55(48,49)42-26-8-33(3)9-27-42/h4-27H,28-30H2,1-3H3. The minimum atomic E-state index is -3.97. The molecule has 0 N–H and O–H groups in total. The van der Waals surface area contributed by atoms with Crippen molar-refractivity contribution in [3.8, 4) is 5.75 Å². The zero-order valence-electron chi connectivity index (χ0n) is 30.3. The molecule has 13 heteroatoms. The summed E-state index contributed by atoms with van der Waals surface area (Å²) in [6, 6.07) is 40.7. The van der Waals surface area contributed by atoms with Crippen molar-refractivity contribution < 1.29 is 38.4 Å². The molecule has 6 aromatic rings. The maximum absolute atomic E-state index is 12.9. The highest BCUT2D eigenvalue weighted by molar-refractivity contribution is 7.91. The molecule has 55 heavy (non-hydrogen) atoms. The topological polar surface area (TPSA) is 133 Å². The molecule has 6 aromatic carbocycles. The number of hydrogen-bond acceptors (Lipinski definition) is 10. The number of aryl methyl sites for hydroxylation is 3. The molecule has 0 aromatic heterocycles. The summed E-state index contributed by atoms with van der Waals surface area (Å²) in [7, 11) is -11.6. The smallest absolute Gasteiger partial charge is 0.297 e.